The van der Waals surface area contributed by atoms with Crippen molar-refractivity contribution in [3.63, 3.8) is 0 Å². The lowest BCUT2D eigenvalue weighted by Crippen LogP contribution is -2.46. The Balaban J connectivity index is 1.38. The second-order valence-electron chi connectivity index (χ2n) is 8.58. The van der Waals surface area contributed by atoms with E-state index in [0.29, 0.717) is 17.1 Å². The number of anilines is 2. The third-order valence-electron chi connectivity index (χ3n) is 6.94. The average molecular weight is 429 g/mol. The molecule has 5 nitrogen and oxygen atoms in total. The zero-order chi connectivity index (χ0) is 22.1. The van der Waals surface area contributed by atoms with Crippen molar-refractivity contribution in [2.24, 2.45) is 0 Å². The van der Waals surface area contributed by atoms with Gasteiger partial charge in [0.25, 0.3) is 5.91 Å². The molecule has 0 radical (unpaired) electrons. The van der Waals surface area contributed by atoms with Crippen molar-refractivity contribution in [2.75, 3.05) is 38.8 Å². The number of nitrogens with zero attached hydrogens (tertiary/aromatic N) is 2. The first-order valence-electron chi connectivity index (χ1n) is 11.1. The normalized spacial score (nSPS) is 16.7. The van der Waals surface area contributed by atoms with E-state index in [1.165, 1.54) is 16.9 Å². The summed E-state index contributed by atoms with van der Waals surface area (Å²) in [5.74, 6) is 1.25. The molecule has 1 fully saturated rings. The SMILES string of the molecule is COc1ccc(C(=O)N2CCC3(CC2)CN(c2ccccc2)c2ccccc23)c(OC)c1. The van der Waals surface area contributed by atoms with Gasteiger partial charge in [0.1, 0.15) is 11.5 Å². The second-order valence-corrected chi connectivity index (χ2v) is 8.58. The van der Waals surface area contributed by atoms with Crippen molar-refractivity contribution in [1.82, 2.24) is 4.90 Å². The third kappa shape index (κ3) is 3.38. The molecule has 32 heavy (non-hydrogen) atoms. The lowest BCUT2D eigenvalue weighted by Gasteiger charge is -2.40. The molecule has 3 aromatic rings. The molecule has 2 heterocycles. The number of piperidine rings is 1. The Morgan fingerprint density at radius 2 is 1.59 bits per heavy atom. The summed E-state index contributed by atoms with van der Waals surface area (Å²) in [5.41, 5.74) is 4.56. The molecule has 164 valence electrons. The molecule has 0 bridgehead atoms. The number of likely N-dealkylation sites (tertiary alicyclic amines) is 1. The van der Waals surface area contributed by atoms with Gasteiger partial charge < -0.3 is 19.3 Å². The molecule has 0 aliphatic carbocycles. The van der Waals surface area contributed by atoms with E-state index < -0.39 is 0 Å². The van der Waals surface area contributed by atoms with Crippen LogP contribution in [0.4, 0.5) is 11.4 Å². The van der Waals surface area contributed by atoms with Crippen molar-refractivity contribution in [2.45, 2.75) is 18.3 Å². The Morgan fingerprint density at radius 3 is 2.31 bits per heavy atom. The summed E-state index contributed by atoms with van der Waals surface area (Å²) in [6, 6.07) is 24.7. The summed E-state index contributed by atoms with van der Waals surface area (Å²) >= 11 is 0. The number of fused-ring (bicyclic) bond motifs is 2. The summed E-state index contributed by atoms with van der Waals surface area (Å²) < 4.78 is 10.7. The molecule has 1 saturated heterocycles. The van der Waals surface area contributed by atoms with Gasteiger partial charge in [-0.1, -0.05) is 36.4 Å². The van der Waals surface area contributed by atoms with Crippen LogP contribution in [0, 0.1) is 0 Å². The number of carbonyl (C=O) groups is 1. The van der Waals surface area contributed by atoms with E-state index >= 15 is 0 Å². The topological polar surface area (TPSA) is 42.0 Å². The zero-order valence-electron chi connectivity index (χ0n) is 18.6. The predicted molar refractivity (Wildman–Crippen MR) is 126 cm³/mol. The number of amides is 1. The molecule has 0 aromatic heterocycles. The van der Waals surface area contributed by atoms with Crippen LogP contribution in [-0.4, -0.2) is 44.7 Å². The predicted octanol–water partition coefficient (Wildman–Crippen LogP) is 5.03. The number of hydrogen-bond donors (Lipinski definition) is 0. The summed E-state index contributed by atoms with van der Waals surface area (Å²) in [5, 5.41) is 0. The van der Waals surface area contributed by atoms with Gasteiger partial charge in [-0.05, 0) is 48.7 Å². The maximum absolute atomic E-state index is 13.3. The molecule has 0 unspecified atom stereocenters. The Hall–Kier alpha value is -3.47. The van der Waals surface area contributed by atoms with Crippen LogP contribution in [0.25, 0.3) is 0 Å². The van der Waals surface area contributed by atoms with Gasteiger partial charge in [-0.2, -0.15) is 0 Å². The van der Waals surface area contributed by atoms with E-state index in [0.717, 1.165) is 32.5 Å². The minimum Gasteiger partial charge on any atom is -0.497 e. The number of ether oxygens (including phenoxy) is 2. The van der Waals surface area contributed by atoms with E-state index in [1.54, 1.807) is 26.4 Å². The van der Waals surface area contributed by atoms with E-state index in [-0.39, 0.29) is 11.3 Å². The monoisotopic (exact) mass is 428 g/mol. The number of para-hydroxylation sites is 2. The van der Waals surface area contributed by atoms with E-state index in [4.69, 9.17) is 9.47 Å². The van der Waals surface area contributed by atoms with E-state index in [9.17, 15) is 4.79 Å². The van der Waals surface area contributed by atoms with Gasteiger partial charge in [-0.25, -0.2) is 0 Å². The molecule has 0 saturated carbocycles. The van der Waals surface area contributed by atoms with Crippen LogP contribution in [0.3, 0.4) is 0 Å². The molecule has 5 heteroatoms. The van der Waals surface area contributed by atoms with Crippen molar-refractivity contribution in [3.05, 3.63) is 83.9 Å². The summed E-state index contributed by atoms with van der Waals surface area (Å²) in [6.07, 6.45) is 1.88. The lowest BCUT2D eigenvalue weighted by atomic mass is 9.74. The first kappa shape index (κ1) is 20.4. The maximum Gasteiger partial charge on any atom is 0.257 e. The van der Waals surface area contributed by atoms with Gasteiger partial charge in [0.2, 0.25) is 0 Å². The molecular weight excluding hydrogens is 400 g/mol. The molecule has 2 aliphatic heterocycles. The summed E-state index contributed by atoms with van der Waals surface area (Å²) in [7, 11) is 3.20. The first-order chi connectivity index (χ1) is 15.6. The molecule has 0 atom stereocenters. The quantitative estimate of drug-likeness (QED) is 0.585. The van der Waals surface area contributed by atoms with Crippen LogP contribution < -0.4 is 14.4 Å². The number of benzene rings is 3. The minimum atomic E-state index is 0.0190. The highest BCUT2D eigenvalue weighted by Crippen LogP contribution is 2.49. The fourth-order valence-corrected chi connectivity index (χ4v) is 5.18. The van der Waals surface area contributed by atoms with E-state index in [2.05, 4.69) is 59.5 Å². The van der Waals surface area contributed by atoms with Gasteiger partial charge in [0, 0.05) is 42.5 Å². The Bertz CT molecular complexity index is 1120. The Kier molecular flexibility index (Phi) is 5.25. The lowest BCUT2D eigenvalue weighted by molar-refractivity contribution is 0.0671. The largest absolute Gasteiger partial charge is 0.497 e. The Morgan fingerprint density at radius 1 is 0.875 bits per heavy atom. The van der Waals surface area contributed by atoms with Crippen LogP contribution in [0.1, 0.15) is 28.8 Å². The molecule has 2 aliphatic rings. The standard InChI is InChI=1S/C27H28N2O3/c1-31-21-12-13-22(25(18-21)32-2)26(30)28-16-14-27(15-17-28)19-29(20-8-4-3-5-9-20)24-11-7-6-10-23(24)27/h3-13,18H,14-17,19H2,1-2H3. The summed E-state index contributed by atoms with van der Waals surface area (Å²) in [6.45, 7) is 2.40. The fourth-order valence-electron chi connectivity index (χ4n) is 5.18. The molecule has 3 aromatic carbocycles. The van der Waals surface area contributed by atoms with Crippen molar-refractivity contribution >= 4 is 17.3 Å². The summed E-state index contributed by atoms with van der Waals surface area (Å²) in [4.78, 5) is 17.7. The third-order valence-corrected chi connectivity index (χ3v) is 6.94. The number of methoxy groups -OCH3 is 2. The van der Waals surface area contributed by atoms with Crippen LogP contribution in [0.5, 0.6) is 11.5 Å². The average Bonchev–Trinajstić information content (AvgIpc) is 3.18. The van der Waals surface area contributed by atoms with Gasteiger partial charge in [-0.15, -0.1) is 0 Å². The highest BCUT2D eigenvalue weighted by Gasteiger charge is 2.45. The van der Waals surface area contributed by atoms with Crippen molar-refractivity contribution in [1.29, 1.82) is 0 Å². The van der Waals surface area contributed by atoms with Gasteiger partial charge in [-0.3, -0.25) is 4.79 Å². The minimum absolute atomic E-state index is 0.0190. The van der Waals surface area contributed by atoms with E-state index in [1.807, 2.05) is 11.0 Å². The number of rotatable bonds is 4. The molecular formula is C27H28N2O3. The Labute approximate surface area is 189 Å². The van der Waals surface area contributed by atoms with Gasteiger partial charge in [0.05, 0.1) is 19.8 Å². The molecule has 5 rings (SSSR count). The fraction of sp³-hybridized carbons (Fsp3) is 0.296. The zero-order valence-corrected chi connectivity index (χ0v) is 18.6. The molecule has 1 amide bonds. The maximum atomic E-state index is 13.3. The van der Waals surface area contributed by atoms with Gasteiger partial charge >= 0.3 is 0 Å². The smallest absolute Gasteiger partial charge is 0.257 e. The van der Waals surface area contributed by atoms with Crippen LogP contribution in [0.2, 0.25) is 0 Å². The van der Waals surface area contributed by atoms with Crippen molar-refractivity contribution in [3.8, 4) is 11.5 Å². The number of carbonyl (C=O) groups excluding carboxylic acids is 1. The van der Waals surface area contributed by atoms with Crippen LogP contribution >= 0.6 is 0 Å². The second kappa shape index (κ2) is 8.23. The number of hydrogen-bond acceptors (Lipinski definition) is 4. The highest BCUT2D eigenvalue weighted by atomic mass is 16.5. The molecule has 1 spiro atoms. The highest BCUT2D eigenvalue weighted by molar-refractivity contribution is 5.97. The van der Waals surface area contributed by atoms with Gasteiger partial charge in [0.15, 0.2) is 0 Å². The van der Waals surface area contributed by atoms with Crippen LogP contribution in [0.15, 0.2) is 72.8 Å². The van der Waals surface area contributed by atoms with Crippen molar-refractivity contribution < 1.29 is 14.3 Å². The first-order valence-corrected chi connectivity index (χ1v) is 11.1. The molecule has 0 N–H and O–H groups in total. The van der Waals surface area contributed by atoms with Crippen LogP contribution in [-0.2, 0) is 5.41 Å².